The van der Waals surface area contributed by atoms with E-state index in [0.29, 0.717) is 16.2 Å². The van der Waals surface area contributed by atoms with Crippen molar-refractivity contribution in [2.75, 3.05) is 0 Å². The number of furan rings is 1. The third-order valence-corrected chi connectivity index (χ3v) is 4.47. The average molecular weight is 360 g/mol. The van der Waals surface area contributed by atoms with E-state index in [4.69, 9.17) is 16.6 Å². The van der Waals surface area contributed by atoms with Crippen molar-refractivity contribution in [3.8, 4) is 5.75 Å². The molecule has 1 aliphatic rings. The molecule has 8 heteroatoms. The van der Waals surface area contributed by atoms with Gasteiger partial charge in [0.1, 0.15) is 17.3 Å². The molecule has 1 aliphatic heterocycles. The maximum absolute atomic E-state index is 12.4. The van der Waals surface area contributed by atoms with E-state index in [1.165, 1.54) is 24.3 Å². The molecule has 0 radical (unpaired) electrons. The molecule has 1 aromatic heterocycles. The lowest BCUT2D eigenvalue weighted by Gasteiger charge is -2.15. The van der Waals surface area contributed by atoms with Crippen molar-refractivity contribution in [1.29, 1.82) is 0 Å². The second kappa shape index (κ2) is 6.50. The molecule has 2 amide bonds. The predicted octanol–water partition coefficient (Wildman–Crippen LogP) is 2.84. The van der Waals surface area contributed by atoms with Gasteiger partial charge < -0.3 is 9.52 Å². The van der Waals surface area contributed by atoms with Crippen LogP contribution in [-0.4, -0.2) is 26.3 Å². The van der Waals surface area contributed by atoms with E-state index in [9.17, 15) is 14.7 Å². The van der Waals surface area contributed by atoms with Gasteiger partial charge in [-0.2, -0.15) is 5.01 Å². The predicted molar refractivity (Wildman–Crippen MR) is 94.0 cm³/mol. The molecule has 24 heavy (non-hydrogen) atoms. The fourth-order valence-corrected chi connectivity index (χ4v) is 3.16. The largest absolute Gasteiger partial charge is 0.508 e. The van der Waals surface area contributed by atoms with Crippen molar-refractivity contribution >= 4 is 46.2 Å². The Kier molecular flexibility index (Phi) is 4.41. The number of hydrogen-bond donors (Lipinski definition) is 2. The van der Waals surface area contributed by atoms with Crippen LogP contribution in [0.5, 0.6) is 5.75 Å². The molecule has 0 bridgehead atoms. The standard InChI is InChI=1S/C16H12N2O4S2/c1-9-2-7-12(22-9)8-13-15(21)18(16(23)24-13)17-14(20)10-3-5-11(19)6-4-10/h2-8,19H,1H3,(H,17,20)/b13-8+. The van der Waals surface area contributed by atoms with Crippen LogP contribution in [0.25, 0.3) is 6.08 Å². The van der Waals surface area contributed by atoms with E-state index >= 15 is 0 Å². The highest BCUT2D eigenvalue weighted by Crippen LogP contribution is 2.31. The molecule has 2 N–H and O–H groups in total. The molecular formula is C16H12N2O4S2. The zero-order valence-corrected chi connectivity index (χ0v) is 14.1. The zero-order chi connectivity index (χ0) is 17.3. The summed E-state index contributed by atoms with van der Waals surface area (Å²) in [6.07, 6.45) is 1.58. The Morgan fingerprint density at radius 3 is 2.62 bits per heavy atom. The number of carbonyl (C=O) groups excluding carboxylic acids is 2. The van der Waals surface area contributed by atoms with Gasteiger partial charge in [0.2, 0.25) is 0 Å². The summed E-state index contributed by atoms with van der Waals surface area (Å²) in [6, 6.07) is 9.21. The third-order valence-electron chi connectivity index (χ3n) is 3.17. The number of benzene rings is 1. The molecule has 6 nitrogen and oxygen atoms in total. The normalized spacial score (nSPS) is 16.0. The molecule has 0 saturated carbocycles. The highest BCUT2D eigenvalue weighted by molar-refractivity contribution is 8.26. The molecule has 0 spiro atoms. The van der Waals surface area contributed by atoms with Gasteiger partial charge >= 0.3 is 0 Å². The van der Waals surface area contributed by atoms with Gasteiger partial charge in [-0.3, -0.25) is 15.0 Å². The Morgan fingerprint density at radius 2 is 2.00 bits per heavy atom. The molecule has 2 heterocycles. The van der Waals surface area contributed by atoms with Gasteiger partial charge in [0.05, 0.1) is 4.91 Å². The minimum Gasteiger partial charge on any atom is -0.508 e. The first kappa shape index (κ1) is 16.3. The lowest BCUT2D eigenvalue weighted by Crippen LogP contribution is -2.44. The molecular weight excluding hydrogens is 348 g/mol. The average Bonchev–Trinajstić information content (AvgIpc) is 3.06. The van der Waals surface area contributed by atoms with Gasteiger partial charge in [-0.15, -0.1) is 0 Å². The maximum atomic E-state index is 12.4. The first-order chi connectivity index (χ1) is 11.4. The molecule has 3 rings (SSSR count). The summed E-state index contributed by atoms with van der Waals surface area (Å²) in [5, 5.41) is 10.3. The topological polar surface area (TPSA) is 82.8 Å². The van der Waals surface area contributed by atoms with Gasteiger partial charge in [-0.1, -0.05) is 11.8 Å². The number of thiocarbonyl (C=S) groups is 1. The number of phenolic OH excluding ortho intramolecular Hbond substituents is 1. The molecule has 1 saturated heterocycles. The van der Waals surface area contributed by atoms with Crippen LogP contribution < -0.4 is 5.43 Å². The zero-order valence-electron chi connectivity index (χ0n) is 12.5. The number of carbonyl (C=O) groups is 2. The summed E-state index contributed by atoms with van der Waals surface area (Å²) >= 11 is 6.23. The van der Waals surface area contributed by atoms with Crippen LogP contribution in [0.1, 0.15) is 21.9 Å². The highest BCUT2D eigenvalue weighted by Gasteiger charge is 2.34. The molecule has 122 valence electrons. The smallest absolute Gasteiger partial charge is 0.285 e. The van der Waals surface area contributed by atoms with Crippen LogP contribution in [0.4, 0.5) is 0 Å². The van der Waals surface area contributed by atoms with E-state index in [1.807, 2.05) is 0 Å². The number of nitrogens with one attached hydrogen (secondary N) is 1. The Balaban J connectivity index is 1.76. The number of rotatable bonds is 3. The maximum Gasteiger partial charge on any atom is 0.285 e. The quantitative estimate of drug-likeness (QED) is 0.647. The van der Waals surface area contributed by atoms with Crippen LogP contribution in [0.3, 0.4) is 0 Å². The van der Waals surface area contributed by atoms with E-state index in [2.05, 4.69) is 5.43 Å². The van der Waals surface area contributed by atoms with E-state index in [1.54, 1.807) is 25.1 Å². The fourth-order valence-electron chi connectivity index (χ4n) is 2.00. The molecule has 1 fully saturated rings. The van der Waals surface area contributed by atoms with Crippen LogP contribution in [0.15, 0.2) is 45.7 Å². The van der Waals surface area contributed by atoms with Crippen molar-refractivity contribution in [2.45, 2.75) is 6.92 Å². The van der Waals surface area contributed by atoms with Gasteiger partial charge in [-0.05, 0) is 55.5 Å². The SMILES string of the molecule is Cc1ccc(/C=C2/SC(=S)N(NC(=O)c3ccc(O)cc3)C2=O)o1. The van der Waals surface area contributed by atoms with Gasteiger partial charge in [-0.25, -0.2) is 0 Å². The Labute approximate surface area is 147 Å². The summed E-state index contributed by atoms with van der Waals surface area (Å²) < 4.78 is 5.63. The molecule has 0 aliphatic carbocycles. The fraction of sp³-hybridized carbons (Fsp3) is 0.0625. The van der Waals surface area contributed by atoms with E-state index in [0.717, 1.165) is 22.5 Å². The monoisotopic (exact) mass is 360 g/mol. The van der Waals surface area contributed by atoms with Crippen molar-refractivity contribution in [1.82, 2.24) is 10.4 Å². The summed E-state index contributed by atoms with van der Waals surface area (Å²) in [6.45, 7) is 1.81. The minimum absolute atomic E-state index is 0.0498. The molecule has 1 aromatic carbocycles. The second-order valence-electron chi connectivity index (χ2n) is 4.95. The van der Waals surface area contributed by atoms with Crippen molar-refractivity contribution in [3.05, 3.63) is 58.4 Å². The highest BCUT2D eigenvalue weighted by atomic mass is 32.2. The second-order valence-corrected chi connectivity index (χ2v) is 6.63. The number of hydrogen-bond acceptors (Lipinski definition) is 6. The van der Waals surface area contributed by atoms with Crippen LogP contribution in [0, 0.1) is 6.92 Å². The number of nitrogens with zero attached hydrogens (tertiary/aromatic N) is 1. The number of aryl methyl sites for hydroxylation is 1. The van der Waals surface area contributed by atoms with Gasteiger partial charge in [0.15, 0.2) is 4.32 Å². The number of thioether (sulfide) groups is 1. The van der Waals surface area contributed by atoms with Crippen molar-refractivity contribution < 1.29 is 19.1 Å². The number of aromatic hydroxyl groups is 1. The lowest BCUT2D eigenvalue weighted by molar-refractivity contribution is -0.123. The number of phenols is 1. The summed E-state index contributed by atoms with van der Waals surface area (Å²) in [4.78, 5) is 24.9. The van der Waals surface area contributed by atoms with Crippen molar-refractivity contribution in [3.63, 3.8) is 0 Å². The summed E-state index contributed by atoms with van der Waals surface area (Å²) in [7, 11) is 0. The van der Waals surface area contributed by atoms with E-state index < -0.39 is 11.8 Å². The Bertz CT molecular complexity index is 855. The van der Waals surface area contributed by atoms with Crippen LogP contribution >= 0.6 is 24.0 Å². The van der Waals surface area contributed by atoms with Crippen molar-refractivity contribution in [2.24, 2.45) is 0 Å². The minimum atomic E-state index is -0.499. The Morgan fingerprint density at radius 1 is 1.29 bits per heavy atom. The Hall–Kier alpha value is -2.58. The third kappa shape index (κ3) is 3.34. The number of hydrazine groups is 1. The summed E-state index contributed by atoms with van der Waals surface area (Å²) in [5.74, 6) is 0.400. The van der Waals surface area contributed by atoms with Gasteiger partial charge in [0.25, 0.3) is 11.8 Å². The molecule has 0 atom stereocenters. The lowest BCUT2D eigenvalue weighted by atomic mass is 10.2. The number of amides is 2. The summed E-state index contributed by atoms with van der Waals surface area (Å²) in [5.41, 5.74) is 2.76. The van der Waals surface area contributed by atoms with E-state index in [-0.39, 0.29) is 10.1 Å². The van der Waals surface area contributed by atoms with Gasteiger partial charge in [0, 0.05) is 11.6 Å². The first-order valence-electron chi connectivity index (χ1n) is 6.88. The molecule has 0 unspecified atom stereocenters. The van der Waals surface area contributed by atoms with Crippen LogP contribution in [-0.2, 0) is 4.79 Å². The molecule has 2 aromatic rings. The first-order valence-corrected chi connectivity index (χ1v) is 8.11. The van der Waals surface area contributed by atoms with Crippen LogP contribution in [0.2, 0.25) is 0 Å².